The second-order valence-electron chi connectivity index (χ2n) is 3.54. The molecule has 0 heterocycles. The SMILES string of the molecule is CCS(=O)C1CCC(NC)C1C. The molecule has 72 valence electrons. The van der Waals surface area contributed by atoms with Crippen molar-refractivity contribution in [1.29, 1.82) is 0 Å². The standard InChI is InChI=1S/C9H19NOS/c1-4-12(11)9-6-5-8(10-3)7(9)2/h7-10H,4-6H2,1-3H3. The minimum atomic E-state index is -0.595. The summed E-state index contributed by atoms with van der Waals surface area (Å²) in [4.78, 5) is 0. The Morgan fingerprint density at radius 2 is 2.17 bits per heavy atom. The molecule has 4 atom stereocenters. The Labute approximate surface area is 77.6 Å². The monoisotopic (exact) mass is 189 g/mol. The molecule has 1 saturated carbocycles. The third kappa shape index (κ3) is 1.88. The maximum atomic E-state index is 11.6. The first kappa shape index (κ1) is 10.2. The second kappa shape index (κ2) is 4.38. The summed E-state index contributed by atoms with van der Waals surface area (Å²) >= 11 is 0. The highest BCUT2D eigenvalue weighted by Gasteiger charge is 2.34. The smallest absolute Gasteiger partial charge is 0.0388 e. The van der Waals surface area contributed by atoms with Gasteiger partial charge in [-0.3, -0.25) is 4.21 Å². The van der Waals surface area contributed by atoms with Gasteiger partial charge in [-0.1, -0.05) is 13.8 Å². The molecule has 0 bridgehead atoms. The average molecular weight is 189 g/mol. The van der Waals surface area contributed by atoms with Crippen molar-refractivity contribution in [3.63, 3.8) is 0 Å². The minimum absolute atomic E-state index is 0.437. The van der Waals surface area contributed by atoms with E-state index in [9.17, 15) is 4.21 Å². The predicted molar refractivity (Wildman–Crippen MR) is 53.7 cm³/mol. The zero-order chi connectivity index (χ0) is 9.14. The molecule has 1 aliphatic carbocycles. The largest absolute Gasteiger partial charge is 0.317 e. The third-order valence-corrected chi connectivity index (χ3v) is 4.89. The fraction of sp³-hybridized carbons (Fsp3) is 1.00. The molecule has 1 fully saturated rings. The van der Waals surface area contributed by atoms with Crippen molar-refractivity contribution in [3.8, 4) is 0 Å². The summed E-state index contributed by atoms with van der Waals surface area (Å²) in [7, 11) is 1.40. The van der Waals surface area contributed by atoms with Crippen LogP contribution >= 0.6 is 0 Å². The molecular weight excluding hydrogens is 170 g/mol. The van der Waals surface area contributed by atoms with E-state index in [-0.39, 0.29) is 0 Å². The van der Waals surface area contributed by atoms with Crippen molar-refractivity contribution in [3.05, 3.63) is 0 Å². The molecule has 1 N–H and O–H groups in total. The van der Waals surface area contributed by atoms with E-state index >= 15 is 0 Å². The number of nitrogens with one attached hydrogen (secondary N) is 1. The number of hydrogen-bond acceptors (Lipinski definition) is 2. The molecule has 0 saturated heterocycles. The van der Waals surface area contributed by atoms with E-state index in [1.165, 1.54) is 6.42 Å². The maximum absolute atomic E-state index is 11.6. The van der Waals surface area contributed by atoms with Gasteiger partial charge in [0.1, 0.15) is 0 Å². The summed E-state index contributed by atoms with van der Waals surface area (Å²) in [5, 5.41) is 3.73. The molecule has 2 nitrogen and oxygen atoms in total. The lowest BCUT2D eigenvalue weighted by molar-refractivity contribution is 0.460. The highest BCUT2D eigenvalue weighted by molar-refractivity contribution is 7.85. The number of hydrogen-bond donors (Lipinski definition) is 1. The normalized spacial score (nSPS) is 38.4. The summed E-state index contributed by atoms with van der Waals surface area (Å²) in [5.41, 5.74) is 0. The van der Waals surface area contributed by atoms with Crippen LogP contribution in [0.2, 0.25) is 0 Å². The fourth-order valence-corrected chi connectivity index (χ4v) is 3.62. The van der Waals surface area contributed by atoms with E-state index in [1.54, 1.807) is 0 Å². The first-order chi connectivity index (χ1) is 5.70. The molecule has 12 heavy (non-hydrogen) atoms. The van der Waals surface area contributed by atoms with Crippen molar-refractivity contribution in [1.82, 2.24) is 5.32 Å². The minimum Gasteiger partial charge on any atom is -0.317 e. The van der Waals surface area contributed by atoms with E-state index in [0.717, 1.165) is 12.2 Å². The van der Waals surface area contributed by atoms with Crippen LogP contribution in [0.5, 0.6) is 0 Å². The van der Waals surface area contributed by atoms with E-state index in [0.29, 0.717) is 17.2 Å². The van der Waals surface area contributed by atoms with Crippen molar-refractivity contribution in [2.45, 2.75) is 38.0 Å². The van der Waals surface area contributed by atoms with Gasteiger partial charge >= 0.3 is 0 Å². The van der Waals surface area contributed by atoms with E-state index in [4.69, 9.17) is 0 Å². The van der Waals surface area contributed by atoms with Crippen LogP contribution in [0, 0.1) is 5.92 Å². The topological polar surface area (TPSA) is 29.1 Å². The van der Waals surface area contributed by atoms with Gasteiger partial charge in [0.2, 0.25) is 0 Å². The van der Waals surface area contributed by atoms with E-state index in [1.807, 2.05) is 14.0 Å². The quantitative estimate of drug-likeness (QED) is 0.721. The van der Waals surface area contributed by atoms with Gasteiger partial charge in [-0.05, 0) is 25.8 Å². The van der Waals surface area contributed by atoms with Crippen LogP contribution in [0.3, 0.4) is 0 Å². The van der Waals surface area contributed by atoms with Gasteiger partial charge in [-0.25, -0.2) is 0 Å². The van der Waals surface area contributed by atoms with Gasteiger partial charge < -0.3 is 5.32 Å². The first-order valence-corrected chi connectivity index (χ1v) is 6.13. The van der Waals surface area contributed by atoms with Crippen LogP contribution in [0.4, 0.5) is 0 Å². The van der Waals surface area contributed by atoms with Crippen molar-refractivity contribution >= 4 is 10.8 Å². The lowest BCUT2D eigenvalue weighted by Gasteiger charge is -2.19. The van der Waals surface area contributed by atoms with Gasteiger partial charge in [0.15, 0.2) is 0 Å². The lowest BCUT2D eigenvalue weighted by Crippen LogP contribution is -2.32. The molecular formula is C9H19NOS. The maximum Gasteiger partial charge on any atom is 0.0388 e. The average Bonchev–Trinajstić information content (AvgIpc) is 2.45. The molecule has 0 aliphatic heterocycles. The Hall–Kier alpha value is 0.110. The highest BCUT2D eigenvalue weighted by atomic mass is 32.2. The van der Waals surface area contributed by atoms with Gasteiger partial charge in [0, 0.05) is 27.8 Å². The first-order valence-electron chi connectivity index (χ1n) is 4.75. The molecule has 0 spiro atoms. The molecule has 0 radical (unpaired) electrons. The van der Waals surface area contributed by atoms with Crippen LogP contribution in [0.25, 0.3) is 0 Å². The molecule has 1 aliphatic rings. The Kier molecular flexibility index (Phi) is 3.72. The number of rotatable bonds is 3. The summed E-state index contributed by atoms with van der Waals surface area (Å²) in [6, 6.07) is 0.588. The van der Waals surface area contributed by atoms with E-state index < -0.39 is 10.8 Å². The molecule has 0 amide bonds. The van der Waals surface area contributed by atoms with Crippen LogP contribution in [-0.4, -0.2) is 28.3 Å². The zero-order valence-electron chi connectivity index (χ0n) is 8.17. The van der Waals surface area contributed by atoms with Crippen LogP contribution in [-0.2, 0) is 10.8 Å². The molecule has 0 aromatic heterocycles. The Balaban J connectivity index is 2.54. The fourth-order valence-electron chi connectivity index (χ4n) is 2.12. The van der Waals surface area contributed by atoms with E-state index in [2.05, 4.69) is 12.2 Å². The summed E-state index contributed by atoms with van der Waals surface area (Å²) < 4.78 is 11.6. The van der Waals surface area contributed by atoms with Gasteiger partial charge in [0.25, 0.3) is 0 Å². The Morgan fingerprint density at radius 3 is 2.58 bits per heavy atom. The van der Waals surface area contributed by atoms with Crippen molar-refractivity contribution in [2.75, 3.05) is 12.8 Å². The predicted octanol–water partition coefficient (Wildman–Crippen LogP) is 1.14. The lowest BCUT2D eigenvalue weighted by atomic mass is 10.1. The summed E-state index contributed by atoms with van der Waals surface area (Å²) in [6.07, 6.45) is 2.32. The molecule has 3 heteroatoms. The zero-order valence-corrected chi connectivity index (χ0v) is 8.99. The van der Waals surface area contributed by atoms with Crippen molar-refractivity contribution < 1.29 is 4.21 Å². The van der Waals surface area contributed by atoms with Gasteiger partial charge in [-0.2, -0.15) is 0 Å². The van der Waals surface area contributed by atoms with Crippen LogP contribution in [0.1, 0.15) is 26.7 Å². The molecule has 0 aromatic rings. The third-order valence-electron chi connectivity index (χ3n) is 2.98. The van der Waals surface area contributed by atoms with Crippen LogP contribution in [0.15, 0.2) is 0 Å². The Bertz CT molecular complexity index is 172. The molecule has 0 aromatic carbocycles. The molecule has 4 unspecified atom stereocenters. The van der Waals surface area contributed by atoms with Crippen molar-refractivity contribution in [2.24, 2.45) is 5.92 Å². The van der Waals surface area contributed by atoms with Gasteiger partial charge in [-0.15, -0.1) is 0 Å². The second-order valence-corrected chi connectivity index (χ2v) is 5.48. The van der Waals surface area contributed by atoms with Gasteiger partial charge in [0.05, 0.1) is 0 Å². The summed E-state index contributed by atoms with van der Waals surface area (Å²) in [6.45, 7) is 4.22. The van der Waals surface area contributed by atoms with Crippen LogP contribution < -0.4 is 5.32 Å². The molecule has 1 rings (SSSR count). The Morgan fingerprint density at radius 1 is 1.50 bits per heavy atom. The highest BCUT2D eigenvalue weighted by Crippen LogP contribution is 2.29. The summed E-state index contributed by atoms with van der Waals surface area (Å²) in [5.74, 6) is 1.39.